The third-order valence-corrected chi connectivity index (χ3v) is 6.07. The number of benzene rings is 2. The molecule has 0 unspecified atom stereocenters. The SMILES string of the molecule is Cc1cc(S(=O)(=O)Nc2ccc(N3CCNC(=O)C3)c(Cl)c2)ccc1OCC(=O)O. The fraction of sp³-hybridized carbons (Fsp3) is 0.263. The number of carboxylic acid groups (broad SMARTS) is 1. The third kappa shape index (κ3) is 5.14. The number of anilines is 2. The molecule has 0 saturated carbocycles. The molecule has 9 nitrogen and oxygen atoms in total. The quantitative estimate of drug-likeness (QED) is 0.584. The molecule has 1 heterocycles. The van der Waals surface area contributed by atoms with Crippen LogP contribution >= 0.6 is 11.6 Å². The summed E-state index contributed by atoms with van der Waals surface area (Å²) in [5.74, 6) is -0.944. The second-order valence-electron chi connectivity index (χ2n) is 6.65. The number of rotatable bonds is 7. The first-order valence-electron chi connectivity index (χ1n) is 8.95. The summed E-state index contributed by atoms with van der Waals surface area (Å²) in [6.45, 7) is 2.40. The summed E-state index contributed by atoms with van der Waals surface area (Å²) in [6, 6.07) is 8.84. The number of ether oxygens (including phenoxy) is 1. The molecule has 1 amide bonds. The Bertz CT molecular complexity index is 1090. The molecular weight excluding hydrogens is 434 g/mol. The van der Waals surface area contributed by atoms with Crippen LogP contribution in [0.15, 0.2) is 41.3 Å². The Labute approximate surface area is 178 Å². The number of amides is 1. The van der Waals surface area contributed by atoms with Crippen molar-refractivity contribution in [3.8, 4) is 5.75 Å². The van der Waals surface area contributed by atoms with Crippen molar-refractivity contribution in [3.63, 3.8) is 0 Å². The molecule has 0 radical (unpaired) electrons. The van der Waals surface area contributed by atoms with Gasteiger partial charge in [0, 0.05) is 13.1 Å². The fourth-order valence-electron chi connectivity index (χ4n) is 2.98. The molecule has 3 rings (SSSR count). The maximum atomic E-state index is 12.7. The number of piperazine rings is 1. The zero-order valence-corrected chi connectivity index (χ0v) is 17.6. The number of aryl methyl sites for hydroxylation is 1. The number of carbonyl (C=O) groups is 2. The van der Waals surface area contributed by atoms with Crippen LogP contribution in [0.5, 0.6) is 5.75 Å². The number of nitrogens with one attached hydrogen (secondary N) is 2. The van der Waals surface area contributed by atoms with Crippen LogP contribution < -0.4 is 19.7 Å². The Hall–Kier alpha value is -2.98. The largest absolute Gasteiger partial charge is 0.482 e. The zero-order valence-electron chi connectivity index (χ0n) is 16.0. The summed E-state index contributed by atoms with van der Waals surface area (Å²) in [5, 5.41) is 11.7. The van der Waals surface area contributed by atoms with Crippen molar-refractivity contribution >= 4 is 44.9 Å². The van der Waals surface area contributed by atoms with Gasteiger partial charge in [0.25, 0.3) is 10.0 Å². The Morgan fingerprint density at radius 2 is 2.07 bits per heavy atom. The van der Waals surface area contributed by atoms with Crippen molar-refractivity contribution in [2.45, 2.75) is 11.8 Å². The third-order valence-electron chi connectivity index (χ3n) is 4.39. The number of carboxylic acids is 1. The van der Waals surface area contributed by atoms with E-state index in [2.05, 4.69) is 10.0 Å². The Morgan fingerprint density at radius 1 is 1.30 bits per heavy atom. The second kappa shape index (κ2) is 8.80. The highest BCUT2D eigenvalue weighted by atomic mass is 35.5. The number of halogens is 1. The van der Waals surface area contributed by atoms with Crippen LogP contribution in [0.2, 0.25) is 5.02 Å². The van der Waals surface area contributed by atoms with Crippen molar-refractivity contribution < 1.29 is 27.9 Å². The normalized spacial score (nSPS) is 14.2. The second-order valence-corrected chi connectivity index (χ2v) is 8.74. The van der Waals surface area contributed by atoms with Crippen LogP contribution in [0, 0.1) is 6.92 Å². The molecule has 0 aromatic heterocycles. The van der Waals surface area contributed by atoms with Crippen molar-refractivity contribution in [3.05, 3.63) is 47.0 Å². The number of aliphatic carboxylic acids is 1. The van der Waals surface area contributed by atoms with Crippen molar-refractivity contribution in [1.82, 2.24) is 5.32 Å². The molecule has 1 saturated heterocycles. The highest BCUT2D eigenvalue weighted by Gasteiger charge is 2.20. The van der Waals surface area contributed by atoms with E-state index in [-0.39, 0.29) is 28.8 Å². The summed E-state index contributed by atoms with van der Waals surface area (Å²) in [4.78, 5) is 24.0. The average Bonchev–Trinajstić information content (AvgIpc) is 2.66. The highest BCUT2D eigenvalue weighted by molar-refractivity contribution is 7.92. The van der Waals surface area contributed by atoms with E-state index < -0.39 is 22.6 Å². The van der Waals surface area contributed by atoms with Crippen LogP contribution in [-0.4, -0.2) is 51.6 Å². The van der Waals surface area contributed by atoms with Crippen LogP contribution in [0.3, 0.4) is 0 Å². The van der Waals surface area contributed by atoms with Gasteiger partial charge in [0.15, 0.2) is 6.61 Å². The van der Waals surface area contributed by atoms with Gasteiger partial charge in [0.1, 0.15) is 5.75 Å². The Morgan fingerprint density at radius 3 is 2.70 bits per heavy atom. The van der Waals surface area contributed by atoms with Gasteiger partial charge in [-0.2, -0.15) is 0 Å². The summed E-state index contributed by atoms with van der Waals surface area (Å²) < 4.78 is 33.0. The number of carbonyl (C=O) groups excluding carboxylic acids is 1. The minimum absolute atomic E-state index is 0.00410. The minimum atomic E-state index is -3.91. The lowest BCUT2D eigenvalue weighted by molar-refractivity contribution is -0.139. The highest BCUT2D eigenvalue weighted by Crippen LogP contribution is 2.30. The molecule has 30 heavy (non-hydrogen) atoms. The molecule has 2 aromatic carbocycles. The first kappa shape index (κ1) is 21.7. The Balaban J connectivity index is 1.76. The lowest BCUT2D eigenvalue weighted by Gasteiger charge is -2.29. The lowest BCUT2D eigenvalue weighted by Crippen LogP contribution is -2.47. The van der Waals surface area contributed by atoms with Crippen LogP contribution in [0.25, 0.3) is 0 Å². The average molecular weight is 454 g/mol. The number of nitrogens with zero attached hydrogens (tertiary/aromatic N) is 1. The predicted molar refractivity (Wildman–Crippen MR) is 112 cm³/mol. The molecule has 2 aromatic rings. The van der Waals surface area contributed by atoms with Gasteiger partial charge < -0.3 is 20.1 Å². The molecule has 11 heteroatoms. The molecule has 160 valence electrons. The van der Waals surface area contributed by atoms with Crippen molar-refractivity contribution in [2.24, 2.45) is 0 Å². The fourth-order valence-corrected chi connectivity index (χ4v) is 4.41. The summed E-state index contributed by atoms with van der Waals surface area (Å²) in [6.07, 6.45) is 0. The molecule has 1 aliphatic heterocycles. The minimum Gasteiger partial charge on any atom is -0.482 e. The van der Waals surface area contributed by atoms with Gasteiger partial charge in [-0.1, -0.05) is 11.6 Å². The van der Waals surface area contributed by atoms with Gasteiger partial charge in [0.05, 0.1) is 27.8 Å². The zero-order chi connectivity index (χ0) is 21.9. The van der Waals surface area contributed by atoms with Gasteiger partial charge in [-0.15, -0.1) is 0 Å². The molecular formula is C19H20ClN3O6S. The maximum absolute atomic E-state index is 12.7. The molecule has 0 atom stereocenters. The maximum Gasteiger partial charge on any atom is 0.341 e. The monoisotopic (exact) mass is 453 g/mol. The van der Waals surface area contributed by atoms with Gasteiger partial charge in [-0.3, -0.25) is 9.52 Å². The topological polar surface area (TPSA) is 125 Å². The summed E-state index contributed by atoms with van der Waals surface area (Å²) in [7, 11) is -3.91. The Kier molecular flexibility index (Phi) is 6.37. The van der Waals surface area contributed by atoms with E-state index in [4.69, 9.17) is 21.4 Å². The van der Waals surface area contributed by atoms with E-state index in [0.29, 0.717) is 29.4 Å². The van der Waals surface area contributed by atoms with Crippen LogP contribution in [-0.2, 0) is 19.6 Å². The standard InChI is InChI=1S/C19H20ClN3O6S/c1-12-8-14(3-5-17(12)29-11-19(25)26)30(27,28)22-13-2-4-16(15(20)9-13)23-7-6-21-18(24)10-23/h2-5,8-9,22H,6-7,10-11H2,1H3,(H,21,24)(H,25,26). The first-order valence-corrected chi connectivity index (χ1v) is 10.8. The van der Waals surface area contributed by atoms with Crippen LogP contribution in [0.1, 0.15) is 5.56 Å². The van der Waals surface area contributed by atoms with Gasteiger partial charge >= 0.3 is 5.97 Å². The van der Waals surface area contributed by atoms with Crippen LogP contribution in [0.4, 0.5) is 11.4 Å². The van der Waals surface area contributed by atoms with Crippen molar-refractivity contribution in [2.75, 3.05) is 35.9 Å². The predicted octanol–water partition coefficient (Wildman–Crippen LogP) is 1.85. The number of hydrogen-bond acceptors (Lipinski definition) is 6. The van der Waals surface area contributed by atoms with Gasteiger partial charge in [-0.05, 0) is 48.9 Å². The van der Waals surface area contributed by atoms with Crippen molar-refractivity contribution in [1.29, 1.82) is 0 Å². The number of hydrogen-bond donors (Lipinski definition) is 3. The van der Waals surface area contributed by atoms with E-state index in [9.17, 15) is 18.0 Å². The van der Waals surface area contributed by atoms with E-state index in [1.165, 1.54) is 24.3 Å². The van der Waals surface area contributed by atoms with E-state index in [0.717, 1.165) is 0 Å². The number of sulfonamides is 1. The van der Waals surface area contributed by atoms with E-state index in [1.807, 2.05) is 4.90 Å². The molecule has 1 fully saturated rings. The molecule has 0 bridgehead atoms. The molecule has 0 aliphatic carbocycles. The lowest BCUT2D eigenvalue weighted by atomic mass is 10.2. The van der Waals surface area contributed by atoms with Gasteiger partial charge in [0.2, 0.25) is 5.91 Å². The first-order chi connectivity index (χ1) is 14.2. The van der Waals surface area contributed by atoms with E-state index >= 15 is 0 Å². The van der Waals surface area contributed by atoms with E-state index in [1.54, 1.807) is 19.1 Å². The molecule has 3 N–H and O–H groups in total. The molecule has 1 aliphatic rings. The van der Waals surface area contributed by atoms with Gasteiger partial charge in [-0.25, -0.2) is 13.2 Å². The molecule has 0 spiro atoms. The summed E-state index contributed by atoms with van der Waals surface area (Å²) >= 11 is 6.32. The smallest absolute Gasteiger partial charge is 0.341 e. The summed E-state index contributed by atoms with van der Waals surface area (Å²) in [5.41, 5.74) is 1.40.